The van der Waals surface area contributed by atoms with Crippen molar-refractivity contribution in [3.05, 3.63) is 74.5 Å². The van der Waals surface area contributed by atoms with Gasteiger partial charge < -0.3 is 5.32 Å². The molecule has 0 bridgehead atoms. The smallest absolute Gasteiger partial charge is 0.273 e. The second-order valence-corrected chi connectivity index (χ2v) is 5.23. The zero-order valence-corrected chi connectivity index (χ0v) is 13.0. The molecule has 122 valence electrons. The van der Waals surface area contributed by atoms with Crippen LogP contribution in [0.2, 0.25) is 5.02 Å². The first-order valence-electron chi connectivity index (χ1n) is 6.79. The first-order valence-corrected chi connectivity index (χ1v) is 7.17. The van der Waals surface area contributed by atoms with Gasteiger partial charge >= 0.3 is 0 Å². The molecule has 2 aromatic carbocycles. The van der Waals surface area contributed by atoms with Gasteiger partial charge in [0.2, 0.25) is 5.91 Å². The molecule has 0 saturated heterocycles. The summed E-state index contributed by atoms with van der Waals surface area (Å²) in [6, 6.07) is 10.1. The number of benzene rings is 2. The van der Waals surface area contributed by atoms with Crippen molar-refractivity contribution in [1.82, 2.24) is 5.32 Å². The molecular weight excluding hydrogens is 337 g/mol. The highest BCUT2D eigenvalue weighted by molar-refractivity contribution is 6.31. The Kier molecular flexibility index (Phi) is 5.45. The van der Waals surface area contributed by atoms with Gasteiger partial charge in [-0.05, 0) is 12.1 Å². The summed E-state index contributed by atoms with van der Waals surface area (Å²) in [6.45, 7) is 0. The van der Waals surface area contributed by atoms with Crippen molar-refractivity contribution in [3.8, 4) is 6.07 Å². The molecule has 0 aliphatic rings. The molecule has 0 aliphatic carbocycles. The highest BCUT2D eigenvalue weighted by Crippen LogP contribution is 2.26. The summed E-state index contributed by atoms with van der Waals surface area (Å²) >= 11 is 5.88. The molecule has 0 heterocycles. The Labute approximate surface area is 141 Å². The lowest BCUT2D eigenvalue weighted by Crippen LogP contribution is -2.30. The van der Waals surface area contributed by atoms with Gasteiger partial charge in [0.25, 0.3) is 5.69 Å². The van der Waals surface area contributed by atoms with Crippen LogP contribution >= 0.6 is 11.6 Å². The van der Waals surface area contributed by atoms with Crippen LogP contribution in [0.3, 0.4) is 0 Å². The number of rotatable bonds is 5. The number of hydrogen-bond donors (Lipinski definition) is 1. The fourth-order valence-corrected chi connectivity index (χ4v) is 2.45. The van der Waals surface area contributed by atoms with Gasteiger partial charge in [0, 0.05) is 22.2 Å². The minimum atomic E-state index is -1.30. The summed E-state index contributed by atoms with van der Waals surface area (Å²) in [5, 5.41) is 22.5. The van der Waals surface area contributed by atoms with E-state index < -0.39 is 22.7 Å². The van der Waals surface area contributed by atoms with E-state index in [2.05, 4.69) is 5.32 Å². The maximum atomic E-state index is 13.9. The monoisotopic (exact) mass is 347 g/mol. The van der Waals surface area contributed by atoms with E-state index in [9.17, 15) is 24.6 Å². The van der Waals surface area contributed by atoms with Crippen LogP contribution in [-0.2, 0) is 11.2 Å². The number of nitrogens with one attached hydrogen (secondary N) is 1. The van der Waals surface area contributed by atoms with E-state index in [1.54, 1.807) is 12.1 Å². The summed E-state index contributed by atoms with van der Waals surface area (Å²) < 4.78 is 13.9. The maximum absolute atomic E-state index is 13.9. The highest BCUT2D eigenvalue weighted by Gasteiger charge is 2.22. The predicted octanol–water partition coefficient (Wildman–Crippen LogP) is 3.31. The predicted molar refractivity (Wildman–Crippen MR) is 84.7 cm³/mol. The number of nitrogens with zero attached hydrogens (tertiary/aromatic N) is 2. The molecule has 8 heteroatoms. The van der Waals surface area contributed by atoms with Crippen LogP contribution in [0.25, 0.3) is 0 Å². The summed E-state index contributed by atoms with van der Waals surface area (Å²) in [4.78, 5) is 22.4. The number of nitro groups is 1. The summed E-state index contributed by atoms with van der Waals surface area (Å²) in [5.74, 6) is -1.38. The Bertz CT molecular complexity index is 815. The number of amides is 1. The number of hydrogen-bond acceptors (Lipinski definition) is 4. The minimum absolute atomic E-state index is 0.00698. The summed E-state index contributed by atoms with van der Waals surface area (Å²) in [6.07, 6.45) is -0.318. The van der Waals surface area contributed by atoms with Crippen LogP contribution < -0.4 is 5.32 Å². The van der Waals surface area contributed by atoms with E-state index in [4.69, 9.17) is 11.6 Å². The van der Waals surface area contributed by atoms with E-state index >= 15 is 0 Å². The van der Waals surface area contributed by atoms with Crippen LogP contribution in [0.15, 0.2) is 42.5 Å². The molecule has 24 heavy (non-hydrogen) atoms. The van der Waals surface area contributed by atoms with Crippen molar-refractivity contribution in [2.75, 3.05) is 0 Å². The van der Waals surface area contributed by atoms with Crippen molar-refractivity contribution in [2.24, 2.45) is 0 Å². The quantitative estimate of drug-likeness (QED) is 0.662. The van der Waals surface area contributed by atoms with Gasteiger partial charge in [-0.3, -0.25) is 14.9 Å². The molecule has 0 saturated carbocycles. The van der Waals surface area contributed by atoms with Crippen molar-refractivity contribution in [2.45, 2.75) is 12.5 Å². The molecule has 2 rings (SSSR count). The van der Waals surface area contributed by atoms with Crippen molar-refractivity contribution >= 4 is 23.2 Å². The fraction of sp³-hybridized carbons (Fsp3) is 0.125. The fourth-order valence-electron chi connectivity index (χ4n) is 2.18. The highest BCUT2D eigenvalue weighted by atomic mass is 35.5. The van der Waals surface area contributed by atoms with Crippen LogP contribution in [0, 0.1) is 27.3 Å². The lowest BCUT2D eigenvalue weighted by Gasteiger charge is -2.14. The largest absolute Gasteiger partial charge is 0.336 e. The number of halogens is 2. The first-order chi connectivity index (χ1) is 11.4. The third kappa shape index (κ3) is 3.86. The first kappa shape index (κ1) is 17.4. The van der Waals surface area contributed by atoms with Gasteiger partial charge in [-0.15, -0.1) is 0 Å². The van der Waals surface area contributed by atoms with Gasteiger partial charge in [0.05, 0.1) is 17.4 Å². The average molecular weight is 348 g/mol. The van der Waals surface area contributed by atoms with Crippen LogP contribution in [0.5, 0.6) is 0 Å². The maximum Gasteiger partial charge on any atom is 0.273 e. The van der Waals surface area contributed by atoms with E-state index in [0.717, 1.165) is 6.07 Å². The number of para-hydroxylation sites is 1. The molecular formula is C16H11ClFN3O3. The zero-order valence-electron chi connectivity index (χ0n) is 12.2. The molecule has 2 aromatic rings. The lowest BCUT2D eigenvalue weighted by molar-refractivity contribution is -0.385. The van der Waals surface area contributed by atoms with E-state index in [1.807, 2.05) is 0 Å². The van der Waals surface area contributed by atoms with Gasteiger partial charge in [0.1, 0.15) is 11.9 Å². The Morgan fingerprint density at radius 3 is 2.67 bits per heavy atom. The molecule has 1 N–H and O–H groups in total. The summed E-state index contributed by atoms with van der Waals surface area (Å²) in [7, 11) is 0. The van der Waals surface area contributed by atoms with Gasteiger partial charge in [-0.25, -0.2) is 4.39 Å². The Morgan fingerprint density at radius 1 is 1.33 bits per heavy atom. The normalized spacial score (nSPS) is 11.4. The van der Waals surface area contributed by atoms with E-state index in [-0.39, 0.29) is 28.3 Å². The minimum Gasteiger partial charge on any atom is -0.336 e. The number of nitriles is 1. The molecule has 0 aliphatic heterocycles. The third-order valence-corrected chi connectivity index (χ3v) is 3.59. The second kappa shape index (κ2) is 7.53. The molecule has 6 nitrogen and oxygen atoms in total. The summed E-state index contributed by atoms with van der Waals surface area (Å²) in [5.41, 5.74) is -0.154. The third-order valence-electron chi connectivity index (χ3n) is 3.26. The van der Waals surface area contributed by atoms with Crippen LogP contribution in [-0.4, -0.2) is 10.8 Å². The zero-order chi connectivity index (χ0) is 17.7. The van der Waals surface area contributed by atoms with Crippen molar-refractivity contribution < 1.29 is 14.1 Å². The second-order valence-electron chi connectivity index (χ2n) is 4.83. The lowest BCUT2D eigenvalue weighted by atomic mass is 10.1. The number of carbonyl (C=O) groups is 1. The molecule has 0 fully saturated rings. The van der Waals surface area contributed by atoms with Crippen molar-refractivity contribution in [3.63, 3.8) is 0 Å². The Balaban J connectivity index is 2.20. The van der Waals surface area contributed by atoms with Crippen LogP contribution in [0.4, 0.5) is 10.1 Å². The van der Waals surface area contributed by atoms with E-state index in [1.165, 1.54) is 30.3 Å². The number of carbonyl (C=O) groups excluding carboxylic acids is 1. The van der Waals surface area contributed by atoms with Gasteiger partial charge in [-0.2, -0.15) is 5.26 Å². The van der Waals surface area contributed by atoms with Gasteiger partial charge in [-0.1, -0.05) is 35.9 Å². The van der Waals surface area contributed by atoms with Gasteiger partial charge in [0.15, 0.2) is 0 Å². The average Bonchev–Trinajstić information content (AvgIpc) is 2.53. The van der Waals surface area contributed by atoms with E-state index in [0.29, 0.717) is 0 Å². The molecule has 0 spiro atoms. The molecule has 0 unspecified atom stereocenters. The topological polar surface area (TPSA) is 96.0 Å². The molecule has 1 atom stereocenters. The standard InChI is InChI=1S/C16H11ClFN3O3/c17-11-5-3-6-12(18)16(11)13(9-19)20-15(22)8-10-4-1-2-7-14(10)21(23)24/h1-7,13H,8H2,(H,20,22)/t13-/m0/s1. The van der Waals surface area contributed by atoms with Crippen LogP contribution in [0.1, 0.15) is 17.2 Å². The Hall–Kier alpha value is -2.98. The Morgan fingerprint density at radius 2 is 2.04 bits per heavy atom. The number of nitro benzene ring substituents is 1. The molecule has 0 radical (unpaired) electrons. The van der Waals surface area contributed by atoms with Crippen molar-refractivity contribution in [1.29, 1.82) is 5.26 Å². The SMILES string of the molecule is N#C[C@H](NC(=O)Cc1ccccc1[N+](=O)[O-])c1c(F)cccc1Cl. The molecule has 0 aromatic heterocycles. The molecule has 1 amide bonds.